The van der Waals surface area contributed by atoms with E-state index in [0.29, 0.717) is 24.3 Å². The minimum atomic E-state index is -5.02. The van der Waals surface area contributed by atoms with Crippen LogP contribution in [0, 0.1) is 23.4 Å². The standard InChI is InChI=1S/C26H14Cl3F8N3O3/c27-13-4-2-10(8-16(13)39-22(41)11-3-6-15(31)20(19(11)32)40-24(43)21(33)34)38-23(42)18-17(25(18,28)29)9-1-5-14(30)12(7-9)26(35,36)37/h1-8,17-18,21H,(H,38,42)(H,39,41)(H,40,43)/t17-,18+/m0/s1. The third-order valence-electron chi connectivity index (χ3n) is 6.26. The molecule has 3 amide bonds. The predicted octanol–water partition coefficient (Wildman–Crippen LogP) is 7.76. The second-order valence-electron chi connectivity index (χ2n) is 9.08. The zero-order valence-electron chi connectivity index (χ0n) is 20.7. The van der Waals surface area contributed by atoms with Crippen molar-refractivity contribution in [1.82, 2.24) is 0 Å². The molecule has 0 unspecified atom stereocenters. The summed E-state index contributed by atoms with van der Waals surface area (Å²) in [7, 11) is 0. The molecular weight excluding hydrogens is 661 g/mol. The molecule has 1 saturated carbocycles. The third-order valence-corrected chi connectivity index (χ3v) is 7.53. The highest BCUT2D eigenvalue weighted by Gasteiger charge is 2.67. The summed E-state index contributed by atoms with van der Waals surface area (Å²) in [5.74, 6) is -11.2. The van der Waals surface area contributed by atoms with Gasteiger partial charge in [-0.2, -0.15) is 22.0 Å². The Labute approximate surface area is 251 Å². The summed E-state index contributed by atoms with van der Waals surface area (Å²) in [6, 6.07) is 6.85. The van der Waals surface area contributed by atoms with E-state index < -0.39 is 80.8 Å². The maximum absolute atomic E-state index is 14.8. The molecule has 228 valence electrons. The average molecular weight is 675 g/mol. The van der Waals surface area contributed by atoms with Crippen molar-refractivity contribution in [1.29, 1.82) is 0 Å². The van der Waals surface area contributed by atoms with Gasteiger partial charge in [-0.1, -0.05) is 17.7 Å². The van der Waals surface area contributed by atoms with Gasteiger partial charge in [-0.05, 0) is 48.0 Å². The average Bonchev–Trinajstić information content (AvgIpc) is 3.49. The number of hydrogen-bond donors (Lipinski definition) is 3. The first kappa shape index (κ1) is 32.3. The van der Waals surface area contributed by atoms with Crippen molar-refractivity contribution in [2.45, 2.75) is 22.9 Å². The number of benzene rings is 3. The predicted molar refractivity (Wildman–Crippen MR) is 141 cm³/mol. The largest absolute Gasteiger partial charge is 0.419 e. The molecule has 0 radical (unpaired) electrons. The second-order valence-corrected chi connectivity index (χ2v) is 10.9. The Morgan fingerprint density at radius 3 is 2.14 bits per heavy atom. The number of carbonyl (C=O) groups is 3. The Kier molecular flexibility index (Phi) is 8.87. The third kappa shape index (κ3) is 6.65. The highest BCUT2D eigenvalue weighted by molar-refractivity contribution is 6.53. The summed E-state index contributed by atoms with van der Waals surface area (Å²) >= 11 is 18.4. The molecule has 4 rings (SSSR count). The summed E-state index contributed by atoms with van der Waals surface area (Å²) in [6.07, 6.45) is -8.62. The first-order chi connectivity index (χ1) is 19.9. The van der Waals surface area contributed by atoms with Crippen LogP contribution in [0.25, 0.3) is 0 Å². The summed E-state index contributed by atoms with van der Waals surface area (Å²) in [6.45, 7) is 0. The Hall–Kier alpha value is -3.62. The maximum Gasteiger partial charge on any atom is 0.419 e. The van der Waals surface area contributed by atoms with Crippen molar-refractivity contribution < 1.29 is 49.5 Å². The molecule has 1 fully saturated rings. The van der Waals surface area contributed by atoms with Gasteiger partial charge < -0.3 is 16.0 Å². The zero-order chi connectivity index (χ0) is 32.0. The molecule has 3 N–H and O–H groups in total. The van der Waals surface area contributed by atoms with Crippen molar-refractivity contribution in [3.05, 3.63) is 87.7 Å². The van der Waals surface area contributed by atoms with Gasteiger partial charge in [-0.15, -0.1) is 23.2 Å². The Balaban J connectivity index is 1.52. The molecule has 0 saturated heterocycles. The van der Waals surface area contributed by atoms with E-state index in [-0.39, 0.29) is 22.0 Å². The summed E-state index contributed by atoms with van der Waals surface area (Å²) in [5, 5.41) is 5.79. The minimum Gasteiger partial charge on any atom is -0.326 e. The van der Waals surface area contributed by atoms with E-state index in [2.05, 4.69) is 10.6 Å². The van der Waals surface area contributed by atoms with Crippen LogP contribution < -0.4 is 16.0 Å². The lowest BCUT2D eigenvalue weighted by Crippen LogP contribution is -2.23. The molecule has 0 aliphatic heterocycles. The maximum atomic E-state index is 14.8. The van der Waals surface area contributed by atoms with Gasteiger partial charge in [-0.3, -0.25) is 14.4 Å². The fraction of sp³-hybridized carbons (Fsp3) is 0.192. The molecule has 6 nitrogen and oxygen atoms in total. The number of hydrogen-bond acceptors (Lipinski definition) is 3. The lowest BCUT2D eigenvalue weighted by molar-refractivity contribution is -0.140. The van der Waals surface area contributed by atoms with Crippen LogP contribution in [0.1, 0.15) is 27.4 Å². The van der Waals surface area contributed by atoms with Crippen LogP contribution in [0.5, 0.6) is 0 Å². The molecule has 2 atom stereocenters. The fourth-order valence-electron chi connectivity index (χ4n) is 4.15. The molecule has 0 heterocycles. The van der Waals surface area contributed by atoms with Gasteiger partial charge in [0.1, 0.15) is 21.7 Å². The lowest BCUT2D eigenvalue weighted by atomic mass is 10.0. The molecule has 17 heteroatoms. The SMILES string of the molecule is O=C(Nc1cc(NC(=O)[C@H]2[C@H](c3ccc(F)c(C(F)(F)F)c3)C2(Cl)Cl)ccc1Cl)c1ccc(F)c(NC(=O)C(F)F)c1F. The smallest absolute Gasteiger partial charge is 0.326 e. The Bertz CT molecular complexity index is 1640. The summed E-state index contributed by atoms with van der Waals surface area (Å²) in [5.41, 5.74) is -4.15. The van der Waals surface area contributed by atoms with Crippen LogP contribution in [0.4, 0.5) is 52.2 Å². The fourth-order valence-corrected chi connectivity index (χ4v) is 5.14. The first-order valence-electron chi connectivity index (χ1n) is 11.7. The number of anilines is 3. The van der Waals surface area contributed by atoms with Gasteiger partial charge >= 0.3 is 12.6 Å². The van der Waals surface area contributed by atoms with E-state index in [1.54, 1.807) is 0 Å². The number of halogens is 11. The molecular formula is C26H14Cl3F8N3O3. The van der Waals surface area contributed by atoms with Crippen LogP contribution in [0.15, 0.2) is 48.5 Å². The summed E-state index contributed by atoms with van der Waals surface area (Å²) < 4.78 is 105. The van der Waals surface area contributed by atoms with E-state index in [4.69, 9.17) is 34.8 Å². The van der Waals surface area contributed by atoms with Gasteiger partial charge in [0.2, 0.25) is 5.91 Å². The monoisotopic (exact) mass is 673 g/mol. The molecule has 1 aliphatic carbocycles. The number of carbonyl (C=O) groups excluding carboxylic acids is 3. The van der Waals surface area contributed by atoms with E-state index in [0.717, 1.165) is 12.1 Å². The molecule has 43 heavy (non-hydrogen) atoms. The topological polar surface area (TPSA) is 87.3 Å². The molecule has 1 aliphatic rings. The lowest BCUT2D eigenvalue weighted by Gasteiger charge is -2.13. The number of rotatable bonds is 7. The molecule has 3 aromatic rings. The van der Waals surface area contributed by atoms with Crippen molar-refractivity contribution in [3.8, 4) is 0 Å². The summed E-state index contributed by atoms with van der Waals surface area (Å²) in [4.78, 5) is 36.8. The number of amides is 3. The van der Waals surface area contributed by atoms with E-state index >= 15 is 0 Å². The van der Waals surface area contributed by atoms with Crippen molar-refractivity contribution in [3.63, 3.8) is 0 Å². The van der Waals surface area contributed by atoms with Crippen molar-refractivity contribution in [2.75, 3.05) is 16.0 Å². The van der Waals surface area contributed by atoms with E-state index in [1.165, 1.54) is 17.4 Å². The van der Waals surface area contributed by atoms with Crippen LogP contribution in [0.3, 0.4) is 0 Å². The van der Waals surface area contributed by atoms with Crippen LogP contribution >= 0.6 is 34.8 Å². The van der Waals surface area contributed by atoms with Gasteiger partial charge in [0.05, 0.1) is 27.8 Å². The first-order valence-corrected chi connectivity index (χ1v) is 12.8. The Morgan fingerprint density at radius 2 is 1.51 bits per heavy atom. The van der Waals surface area contributed by atoms with Gasteiger partial charge in [0, 0.05) is 11.6 Å². The van der Waals surface area contributed by atoms with E-state index in [9.17, 15) is 49.5 Å². The van der Waals surface area contributed by atoms with Crippen LogP contribution in [-0.2, 0) is 15.8 Å². The van der Waals surface area contributed by atoms with Crippen molar-refractivity contribution in [2.24, 2.45) is 5.92 Å². The quantitative estimate of drug-likeness (QED) is 0.177. The zero-order valence-corrected chi connectivity index (χ0v) is 23.0. The normalized spacial score (nSPS) is 17.4. The Morgan fingerprint density at radius 1 is 0.860 bits per heavy atom. The molecule has 0 bridgehead atoms. The molecule has 0 spiro atoms. The molecule has 0 aromatic heterocycles. The van der Waals surface area contributed by atoms with Gasteiger partial charge in [-0.25, -0.2) is 13.2 Å². The van der Waals surface area contributed by atoms with Crippen LogP contribution in [0.2, 0.25) is 5.02 Å². The van der Waals surface area contributed by atoms with Gasteiger partial charge in [0.15, 0.2) is 5.82 Å². The second kappa shape index (κ2) is 11.8. The molecule has 3 aromatic carbocycles. The highest BCUT2D eigenvalue weighted by atomic mass is 35.5. The van der Waals surface area contributed by atoms with Crippen LogP contribution in [-0.4, -0.2) is 28.5 Å². The minimum absolute atomic E-state index is 0.0426. The number of nitrogens with one attached hydrogen (secondary N) is 3. The van der Waals surface area contributed by atoms with E-state index in [1.807, 2.05) is 0 Å². The number of alkyl halides is 7. The van der Waals surface area contributed by atoms with Gasteiger partial charge in [0.25, 0.3) is 11.8 Å². The van der Waals surface area contributed by atoms with Crippen molar-refractivity contribution >= 4 is 69.6 Å². The highest BCUT2D eigenvalue weighted by Crippen LogP contribution is 2.65.